The number of esters is 1. The van der Waals surface area contributed by atoms with Crippen LogP contribution in [-0.2, 0) is 19.1 Å². The Bertz CT molecular complexity index is 1020. The van der Waals surface area contributed by atoms with Crippen molar-refractivity contribution in [3.05, 3.63) is 36.5 Å². The second-order valence-electron chi connectivity index (χ2n) is 8.68. The van der Waals surface area contributed by atoms with E-state index in [2.05, 4.69) is 32.3 Å². The summed E-state index contributed by atoms with van der Waals surface area (Å²) in [4.78, 5) is 38.9. The molecule has 33 heavy (non-hydrogen) atoms. The smallest absolute Gasteiger partial charge is 0.322 e. The maximum Gasteiger partial charge on any atom is 0.322 e. The molecule has 2 aliphatic heterocycles. The lowest BCUT2D eigenvalue weighted by atomic mass is 9.81. The van der Waals surface area contributed by atoms with Gasteiger partial charge in [0.2, 0.25) is 11.9 Å². The topological polar surface area (TPSA) is 96.9 Å². The maximum absolute atomic E-state index is 13.4. The number of hydrogen-bond acceptors (Lipinski definition) is 8. The van der Waals surface area contributed by atoms with Crippen molar-refractivity contribution in [1.29, 1.82) is 0 Å². The molecule has 1 atom stereocenters. The highest BCUT2D eigenvalue weighted by Crippen LogP contribution is 2.53. The van der Waals surface area contributed by atoms with Crippen molar-refractivity contribution in [3.63, 3.8) is 0 Å². The van der Waals surface area contributed by atoms with E-state index in [4.69, 9.17) is 9.47 Å². The van der Waals surface area contributed by atoms with Crippen LogP contribution >= 0.6 is 0 Å². The van der Waals surface area contributed by atoms with Crippen molar-refractivity contribution < 1.29 is 19.1 Å². The van der Waals surface area contributed by atoms with Crippen LogP contribution in [0.3, 0.4) is 0 Å². The highest BCUT2D eigenvalue weighted by atomic mass is 16.5. The van der Waals surface area contributed by atoms with E-state index < -0.39 is 11.4 Å². The summed E-state index contributed by atoms with van der Waals surface area (Å²) in [5.74, 6) is 0.364. The molecule has 9 nitrogen and oxygen atoms in total. The third kappa shape index (κ3) is 4.13. The molecule has 0 bridgehead atoms. The SMILES string of the molecule is CCOC(=O)C1(C2CC2)CCN(c2ccnc(Nc3ccc(N4CCOCC4)cc3)n2)C1=O. The summed E-state index contributed by atoms with van der Waals surface area (Å²) >= 11 is 0. The van der Waals surface area contributed by atoms with Crippen molar-refractivity contribution in [3.8, 4) is 0 Å². The maximum atomic E-state index is 13.4. The number of nitrogens with zero attached hydrogens (tertiary/aromatic N) is 4. The Morgan fingerprint density at radius 2 is 1.94 bits per heavy atom. The first-order chi connectivity index (χ1) is 16.1. The number of aromatic nitrogens is 2. The first-order valence-electron chi connectivity index (χ1n) is 11.6. The van der Waals surface area contributed by atoms with E-state index in [1.165, 1.54) is 0 Å². The molecular weight excluding hydrogens is 422 g/mol. The van der Waals surface area contributed by atoms with Crippen LogP contribution in [0, 0.1) is 11.3 Å². The number of amides is 1. The van der Waals surface area contributed by atoms with Crippen LogP contribution in [0.4, 0.5) is 23.1 Å². The highest BCUT2D eigenvalue weighted by Gasteiger charge is 2.62. The normalized spacial score (nSPS) is 23.0. The van der Waals surface area contributed by atoms with Gasteiger partial charge in [0.1, 0.15) is 5.82 Å². The summed E-state index contributed by atoms with van der Waals surface area (Å²) < 4.78 is 10.7. The lowest BCUT2D eigenvalue weighted by Crippen LogP contribution is -2.43. The summed E-state index contributed by atoms with van der Waals surface area (Å²) in [5, 5.41) is 3.22. The van der Waals surface area contributed by atoms with Gasteiger partial charge >= 0.3 is 5.97 Å². The highest BCUT2D eigenvalue weighted by molar-refractivity contribution is 6.12. The van der Waals surface area contributed by atoms with Gasteiger partial charge < -0.3 is 19.7 Å². The largest absolute Gasteiger partial charge is 0.465 e. The molecule has 1 aromatic heterocycles. The van der Waals surface area contributed by atoms with Gasteiger partial charge in [0, 0.05) is 37.2 Å². The molecule has 3 aliphatic rings. The molecule has 1 saturated carbocycles. The Morgan fingerprint density at radius 3 is 2.64 bits per heavy atom. The van der Waals surface area contributed by atoms with Gasteiger partial charge in [0.25, 0.3) is 0 Å². The zero-order valence-electron chi connectivity index (χ0n) is 18.8. The van der Waals surface area contributed by atoms with Crippen LogP contribution < -0.4 is 15.1 Å². The Balaban J connectivity index is 1.30. The number of rotatable bonds is 7. The number of ether oxygens (including phenoxy) is 2. The van der Waals surface area contributed by atoms with Crippen molar-refractivity contribution in [2.75, 3.05) is 54.6 Å². The number of carbonyl (C=O) groups excluding carboxylic acids is 2. The molecule has 3 fully saturated rings. The Morgan fingerprint density at radius 1 is 1.18 bits per heavy atom. The minimum absolute atomic E-state index is 0.0680. The fourth-order valence-electron chi connectivity index (χ4n) is 4.79. The third-order valence-electron chi connectivity index (χ3n) is 6.69. The number of nitrogens with one attached hydrogen (secondary N) is 1. The average Bonchev–Trinajstić information content (AvgIpc) is 3.63. The van der Waals surface area contributed by atoms with E-state index in [0.717, 1.165) is 50.5 Å². The molecule has 3 heterocycles. The van der Waals surface area contributed by atoms with E-state index in [1.807, 2.05) is 12.1 Å². The minimum atomic E-state index is -1.07. The molecule has 1 aliphatic carbocycles. The second kappa shape index (κ2) is 8.97. The Hall–Kier alpha value is -3.20. The van der Waals surface area contributed by atoms with E-state index in [9.17, 15) is 9.59 Å². The van der Waals surface area contributed by atoms with Crippen LogP contribution in [0.2, 0.25) is 0 Å². The molecule has 2 saturated heterocycles. The first kappa shape index (κ1) is 21.6. The summed E-state index contributed by atoms with van der Waals surface area (Å²) in [6.07, 6.45) is 3.86. The molecule has 2 aromatic rings. The van der Waals surface area contributed by atoms with Crippen LogP contribution in [0.25, 0.3) is 0 Å². The molecule has 1 N–H and O–H groups in total. The van der Waals surface area contributed by atoms with Gasteiger partial charge in [0.05, 0.1) is 19.8 Å². The van der Waals surface area contributed by atoms with Gasteiger partial charge in [-0.2, -0.15) is 4.98 Å². The van der Waals surface area contributed by atoms with E-state index in [1.54, 1.807) is 24.1 Å². The Labute approximate surface area is 193 Å². The molecule has 0 spiro atoms. The minimum Gasteiger partial charge on any atom is -0.465 e. The lowest BCUT2D eigenvalue weighted by molar-refractivity contribution is -0.160. The summed E-state index contributed by atoms with van der Waals surface area (Å²) in [6, 6.07) is 9.80. The van der Waals surface area contributed by atoms with Gasteiger partial charge in [-0.05, 0) is 62.4 Å². The van der Waals surface area contributed by atoms with Gasteiger partial charge in [-0.1, -0.05) is 0 Å². The summed E-state index contributed by atoms with van der Waals surface area (Å²) in [5.41, 5.74) is 0.941. The van der Waals surface area contributed by atoms with Gasteiger partial charge in [-0.25, -0.2) is 4.98 Å². The fourth-order valence-corrected chi connectivity index (χ4v) is 4.79. The lowest BCUT2D eigenvalue weighted by Gasteiger charge is -2.28. The predicted molar refractivity (Wildman–Crippen MR) is 124 cm³/mol. The molecule has 1 unspecified atom stereocenters. The standard InChI is InChI=1S/C24H29N5O4/c1-2-33-22(31)24(17-3-4-17)10-12-29(21(24)30)20-9-11-25-23(27-20)26-18-5-7-19(8-6-18)28-13-15-32-16-14-28/h5-9,11,17H,2-4,10,12-16H2,1H3,(H,25,26,27). The number of anilines is 4. The van der Waals surface area contributed by atoms with Crippen molar-refractivity contribution in [2.45, 2.75) is 26.2 Å². The molecule has 1 aromatic carbocycles. The zero-order chi connectivity index (χ0) is 22.8. The van der Waals surface area contributed by atoms with Crippen LogP contribution in [-0.4, -0.2) is 61.3 Å². The van der Waals surface area contributed by atoms with E-state index in [0.29, 0.717) is 24.7 Å². The fraction of sp³-hybridized carbons (Fsp3) is 0.500. The van der Waals surface area contributed by atoms with Crippen molar-refractivity contribution >= 4 is 35.0 Å². The number of morpholine rings is 1. The number of hydrogen-bond donors (Lipinski definition) is 1. The summed E-state index contributed by atoms with van der Waals surface area (Å²) in [6.45, 7) is 5.74. The van der Waals surface area contributed by atoms with Gasteiger partial charge in [0.15, 0.2) is 5.41 Å². The molecule has 174 valence electrons. The Kier molecular flexibility index (Phi) is 5.88. The monoisotopic (exact) mass is 451 g/mol. The van der Waals surface area contributed by atoms with Crippen LogP contribution in [0.1, 0.15) is 26.2 Å². The summed E-state index contributed by atoms with van der Waals surface area (Å²) in [7, 11) is 0. The van der Waals surface area contributed by atoms with Gasteiger partial charge in [-0.3, -0.25) is 14.5 Å². The van der Waals surface area contributed by atoms with Crippen LogP contribution in [0.15, 0.2) is 36.5 Å². The van der Waals surface area contributed by atoms with E-state index in [-0.39, 0.29) is 18.4 Å². The number of benzene rings is 1. The molecular formula is C24H29N5O4. The molecule has 9 heteroatoms. The zero-order valence-corrected chi connectivity index (χ0v) is 18.8. The number of carbonyl (C=O) groups is 2. The first-order valence-corrected chi connectivity index (χ1v) is 11.6. The van der Waals surface area contributed by atoms with E-state index >= 15 is 0 Å². The van der Waals surface area contributed by atoms with Crippen LogP contribution in [0.5, 0.6) is 0 Å². The molecule has 1 amide bonds. The van der Waals surface area contributed by atoms with Gasteiger partial charge in [-0.15, -0.1) is 0 Å². The quantitative estimate of drug-likeness (QED) is 0.507. The molecule has 5 rings (SSSR count). The second-order valence-corrected chi connectivity index (χ2v) is 8.68. The third-order valence-corrected chi connectivity index (χ3v) is 6.69. The van der Waals surface area contributed by atoms with Crippen molar-refractivity contribution in [1.82, 2.24) is 9.97 Å². The van der Waals surface area contributed by atoms with Crippen molar-refractivity contribution in [2.24, 2.45) is 11.3 Å². The molecule has 0 radical (unpaired) electrons. The predicted octanol–water partition coefficient (Wildman–Crippen LogP) is 2.75. The average molecular weight is 452 g/mol.